The van der Waals surface area contributed by atoms with Gasteiger partial charge in [0.1, 0.15) is 5.69 Å². The molecule has 1 aromatic heterocycles. The maximum Gasteiger partial charge on any atom is 0.270 e. The van der Waals surface area contributed by atoms with E-state index in [4.69, 9.17) is 0 Å². The van der Waals surface area contributed by atoms with E-state index in [2.05, 4.69) is 52.3 Å². The van der Waals surface area contributed by atoms with Crippen LogP contribution in [0.15, 0.2) is 54.6 Å². The quantitative estimate of drug-likeness (QED) is 0.668. The van der Waals surface area contributed by atoms with Gasteiger partial charge in [-0.25, -0.2) is 4.68 Å². The van der Waals surface area contributed by atoms with E-state index in [1.54, 1.807) is 4.68 Å². The Bertz CT molecular complexity index is 1040. The van der Waals surface area contributed by atoms with E-state index in [-0.39, 0.29) is 5.91 Å². The van der Waals surface area contributed by atoms with Crippen LogP contribution in [0, 0.1) is 20.8 Å². The molecule has 162 valence electrons. The fourth-order valence-electron chi connectivity index (χ4n) is 4.14. The summed E-state index contributed by atoms with van der Waals surface area (Å²) >= 11 is 0. The van der Waals surface area contributed by atoms with Crippen molar-refractivity contribution < 1.29 is 4.79 Å². The van der Waals surface area contributed by atoms with Gasteiger partial charge in [0, 0.05) is 45.0 Å². The Labute approximate surface area is 184 Å². The number of anilines is 1. The summed E-state index contributed by atoms with van der Waals surface area (Å²) in [5, 5.41) is 7.56. The SMILES string of the molecule is Cc1cc(C(=O)NCCN2CCN(c3cccc(C)c3C)CC2)n(-c2ccccc2)n1. The molecule has 0 atom stereocenters. The van der Waals surface area contributed by atoms with E-state index in [1.165, 1.54) is 16.8 Å². The molecule has 1 aliphatic heterocycles. The van der Waals surface area contributed by atoms with E-state index < -0.39 is 0 Å². The second kappa shape index (κ2) is 9.35. The molecule has 0 saturated carbocycles. The molecule has 0 radical (unpaired) electrons. The van der Waals surface area contributed by atoms with Crippen LogP contribution in [0.2, 0.25) is 0 Å². The summed E-state index contributed by atoms with van der Waals surface area (Å²) in [4.78, 5) is 17.7. The summed E-state index contributed by atoms with van der Waals surface area (Å²) in [6.45, 7) is 11.8. The van der Waals surface area contributed by atoms with Gasteiger partial charge in [-0.15, -0.1) is 0 Å². The minimum absolute atomic E-state index is 0.0847. The van der Waals surface area contributed by atoms with E-state index in [0.29, 0.717) is 12.2 Å². The van der Waals surface area contributed by atoms with Crippen molar-refractivity contribution in [3.63, 3.8) is 0 Å². The summed E-state index contributed by atoms with van der Waals surface area (Å²) < 4.78 is 1.72. The molecule has 1 saturated heterocycles. The number of benzene rings is 2. The van der Waals surface area contributed by atoms with Crippen LogP contribution in [0.25, 0.3) is 5.69 Å². The number of nitrogens with zero attached hydrogens (tertiary/aromatic N) is 4. The smallest absolute Gasteiger partial charge is 0.270 e. The minimum atomic E-state index is -0.0847. The summed E-state index contributed by atoms with van der Waals surface area (Å²) in [5.41, 5.74) is 6.35. The molecule has 1 fully saturated rings. The number of carbonyl (C=O) groups is 1. The van der Waals surface area contributed by atoms with Crippen LogP contribution < -0.4 is 10.2 Å². The second-order valence-electron chi connectivity index (χ2n) is 8.22. The predicted octanol–water partition coefficient (Wildman–Crippen LogP) is 3.35. The number of rotatable bonds is 6. The first-order valence-corrected chi connectivity index (χ1v) is 11.0. The molecule has 6 heteroatoms. The third kappa shape index (κ3) is 4.80. The van der Waals surface area contributed by atoms with Gasteiger partial charge in [0.2, 0.25) is 0 Å². The molecule has 1 N–H and O–H groups in total. The molecule has 6 nitrogen and oxygen atoms in total. The van der Waals surface area contributed by atoms with Crippen LogP contribution in [0.1, 0.15) is 27.3 Å². The number of hydrogen-bond donors (Lipinski definition) is 1. The van der Waals surface area contributed by atoms with Crippen molar-refractivity contribution in [1.82, 2.24) is 20.0 Å². The Morgan fingerprint density at radius 1 is 0.968 bits per heavy atom. The summed E-state index contributed by atoms with van der Waals surface area (Å²) in [6, 6.07) is 18.1. The molecule has 1 amide bonds. The summed E-state index contributed by atoms with van der Waals surface area (Å²) in [5.74, 6) is -0.0847. The third-order valence-corrected chi connectivity index (χ3v) is 6.07. The highest BCUT2D eigenvalue weighted by Crippen LogP contribution is 2.23. The highest BCUT2D eigenvalue weighted by molar-refractivity contribution is 5.93. The zero-order valence-corrected chi connectivity index (χ0v) is 18.6. The van der Waals surface area contributed by atoms with Crippen LogP contribution >= 0.6 is 0 Å². The van der Waals surface area contributed by atoms with E-state index in [9.17, 15) is 4.79 Å². The first-order valence-electron chi connectivity index (χ1n) is 11.0. The maximum absolute atomic E-state index is 12.8. The summed E-state index contributed by atoms with van der Waals surface area (Å²) in [7, 11) is 0. The topological polar surface area (TPSA) is 53.4 Å². The minimum Gasteiger partial charge on any atom is -0.369 e. The molecular weight excluding hydrogens is 386 g/mol. The summed E-state index contributed by atoms with van der Waals surface area (Å²) in [6.07, 6.45) is 0. The number of amides is 1. The van der Waals surface area contributed by atoms with Crippen molar-refractivity contribution in [1.29, 1.82) is 0 Å². The fourth-order valence-corrected chi connectivity index (χ4v) is 4.14. The zero-order chi connectivity index (χ0) is 21.8. The van der Waals surface area contributed by atoms with Crippen LogP contribution in [-0.2, 0) is 0 Å². The van der Waals surface area contributed by atoms with Gasteiger partial charge >= 0.3 is 0 Å². The molecule has 1 aliphatic rings. The standard InChI is InChI=1S/C25H31N5O/c1-19-8-7-11-23(21(19)3)29-16-14-28(15-17-29)13-12-26-25(31)24-18-20(2)27-30(24)22-9-5-4-6-10-22/h4-11,18H,12-17H2,1-3H3,(H,26,31). The molecule has 31 heavy (non-hydrogen) atoms. The van der Waals surface area contributed by atoms with Crippen LogP contribution in [0.5, 0.6) is 0 Å². The highest BCUT2D eigenvalue weighted by Gasteiger charge is 2.19. The van der Waals surface area contributed by atoms with Gasteiger partial charge < -0.3 is 10.2 Å². The van der Waals surface area contributed by atoms with Crippen LogP contribution in [0.3, 0.4) is 0 Å². The predicted molar refractivity (Wildman–Crippen MR) is 125 cm³/mol. The zero-order valence-electron chi connectivity index (χ0n) is 18.6. The number of piperazine rings is 1. The molecule has 0 bridgehead atoms. The van der Waals surface area contributed by atoms with Gasteiger partial charge in [0.05, 0.1) is 11.4 Å². The molecule has 3 aromatic rings. The number of para-hydroxylation sites is 1. The van der Waals surface area contributed by atoms with Crippen molar-refractivity contribution in [2.45, 2.75) is 20.8 Å². The van der Waals surface area contributed by atoms with Crippen LogP contribution in [-0.4, -0.2) is 59.9 Å². The van der Waals surface area contributed by atoms with Crippen molar-refractivity contribution in [2.75, 3.05) is 44.2 Å². The Morgan fingerprint density at radius 3 is 2.45 bits per heavy atom. The molecule has 4 rings (SSSR count). The molecule has 0 aliphatic carbocycles. The average molecular weight is 418 g/mol. The van der Waals surface area contributed by atoms with Gasteiger partial charge in [0.15, 0.2) is 0 Å². The van der Waals surface area contributed by atoms with Crippen LogP contribution in [0.4, 0.5) is 5.69 Å². The number of carbonyl (C=O) groups excluding carboxylic acids is 1. The third-order valence-electron chi connectivity index (χ3n) is 6.07. The Hall–Kier alpha value is -3.12. The Balaban J connectivity index is 1.29. The Morgan fingerprint density at radius 2 is 1.71 bits per heavy atom. The number of aryl methyl sites for hydroxylation is 2. The van der Waals surface area contributed by atoms with E-state index in [1.807, 2.05) is 43.3 Å². The highest BCUT2D eigenvalue weighted by atomic mass is 16.2. The molecule has 2 heterocycles. The normalized spacial score (nSPS) is 14.6. The second-order valence-corrected chi connectivity index (χ2v) is 8.22. The van der Waals surface area contributed by atoms with Crippen molar-refractivity contribution in [3.05, 3.63) is 77.1 Å². The van der Waals surface area contributed by atoms with Crippen molar-refractivity contribution in [3.8, 4) is 5.69 Å². The molecular formula is C25H31N5O. The number of nitrogens with one attached hydrogen (secondary N) is 1. The van der Waals surface area contributed by atoms with Crippen molar-refractivity contribution in [2.24, 2.45) is 0 Å². The largest absolute Gasteiger partial charge is 0.369 e. The monoisotopic (exact) mass is 417 g/mol. The lowest BCUT2D eigenvalue weighted by Crippen LogP contribution is -2.48. The lowest BCUT2D eigenvalue weighted by atomic mass is 10.1. The molecule has 0 unspecified atom stereocenters. The van der Waals surface area contributed by atoms with Gasteiger partial charge in [-0.2, -0.15) is 5.10 Å². The van der Waals surface area contributed by atoms with Gasteiger partial charge in [-0.3, -0.25) is 9.69 Å². The van der Waals surface area contributed by atoms with E-state index >= 15 is 0 Å². The van der Waals surface area contributed by atoms with Gasteiger partial charge in [-0.05, 0) is 56.2 Å². The molecule has 2 aromatic carbocycles. The number of aromatic nitrogens is 2. The lowest BCUT2D eigenvalue weighted by Gasteiger charge is -2.37. The first-order chi connectivity index (χ1) is 15.0. The Kier molecular flexibility index (Phi) is 6.37. The van der Waals surface area contributed by atoms with Crippen molar-refractivity contribution >= 4 is 11.6 Å². The fraction of sp³-hybridized carbons (Fsp3) is 0.360. The van der Waals surface area contributed by atoms with Gasteiger partial charge in [-0.1, -0.05) is 30.3 Å². The maximum atomic E-state index is 12.8. The van der Waals surface area contributed by atoms with E-state index in [0.717, 1.165) is 44.1 Å². The lowest BCUT2D eigenvalue weighted by molar-refractivity contribution is 0.0940. The molecule has 0 spiro atoms. The number of hydrogen-bond acceptors (Lipinski definition) is 4. The van der Waals surface area contributed by atoms with Gasteiger partial charge in [0.25, 0.3) is 5.91 Å². The average Bonchev–Trinajstić information content (AvgIpc) is 3.19. The first kappa shape index (κ1) is 21.1.